The Morgan fingerprint density at radius 2 is 1.61 bits per heavy atom. The summed E-state index contributed by atoms with van der Waals surface area (Å²) in [5.41, 5.74) is 3.04. The van der Waals surface area contributed by atoms with E-state index in [2.05, 4.69) is 11.0 Å². The summed E-state index contributed by atoms with van der Waals surface area (Å²) in [6, 6.07) is 22.4. The second-order valence-electron chi connectivity index (χ2n) is 7.43. The molecule has 3 aromatic rings. The number of para-hydroxylation sites is 2. The van der Waals surface area contributed by atoms with Crippen LogP contribution in [-0.2, 0) is 0 Å². The standard InChI is InChI=1S/C24H19ClN4O2/c25-18-7-10-23-21(15-18)29(20-3-1-2-4-22(20)31-23)24(30)28-13-11-27(12-14-28)19-8-5-17(16-26)6-9-19/h1-10,15H,11-14H2. The average molecular weight is 431 g/mol. The van der Waals surface area contributed by atoms with E-state index in [0.717, 1.165) is 5.69 Å². The van der Waals surface area contributed by atoms with Gasteiger partial charge in [-0.25, -0.2) is 4.79 Å². The maximum atomic E-state index is 13.6. The number of anilines is 3. The topological polar surface area (TPSA) is 59.8 Å². The van der Waals surface area contributed by atoms with Crippen LogP contribution in [0.2, 0.25) is 5.02 Å². The van der Waals surface area contributed by atoms with E-state index in [9.17, 15) is 4.79 Å². The Morgan fingerprint density at radius 3 is 2.35 bits per heavy atom. The monoisotopic (exact) mass is 430 g/mol. The number of fused-ring (bicyclic) bond motifs is 2. The first-order valence-corrected chi connectivity index (χ1v) is 10.4. The summed E-state index contributed by atoms with van der Waals surface area (Å²) in [7, 11) is 0. The Hall–Kier alpha value is -3.69. The zero-order valence-electron chi connectivity index (χ0n) is 16.7. The summed E-state index contributed by atoms with van der Waals surface area (Å²) < 4.78 is 5.99. The number of amides is 2. The van der Waals surface area contributed by atoms with Crippen LogP contribution in [0.5, 0.6) is 11.5 Å². The highest BCUT2D eigenvalue weighted by molar-refractivity contribution is 6.31. The molecule has 3 aromatic carbocycles. The molecule has 0 spiro atoms. The molecule has 0 N–H and O–H groups in total. The zero-order chi connectivity index (χ0) is 21.4. The lowest BCUT2D eigenvalue weighted by Crippen LogP contribution is -2.52. The van der Waals surface area contributed by atoms with Gasteiger partial charge in [-0.2, -0.15) is 5.26 Å². The lowest BCUT2D eigenvalue weighted by atomic mass is 10.1. The van der Waals surface area contributed by atoms with Crippen molar-refractivity contribution in [2.75, 3.05) is 36.0 Å². The number of benzene rings is 3. The minimum absolute atomic E-state index is 0.0984. The second kappa shape index (κ2) is 7.86. The fraction of sp³-hybridized carbons (Fsp3) is 0.167. The molecule has 0 unspecified atom stereocenters. The summed E-state index contributed by atoms with van der Waals surface area (Å²) in [5, 5.41) is 9.53. The molecule has 0 bridgehead atoms. The molecule has 0 aromatic heterocycles. The highest BCUT2D eigenvalue weighted by Gasteiger charge is 2.33. The van der Waals surface area contributed by atoms with E-state index in [0.29, 0.717) is 59.6 Å². The molecule has 5 rings (SSSR count). The van der Waals surface area contributed by atoms with Crippen LogP contribution >= 0.6 is 11.6 Å². The van der Waals surface area contributed by atoms with Crippen LogP contribution in [0.15, 0.2) is 66.7 Å². The quantitative estimate of drug-likeness (QED) is 0.518. The maximum absolute atomic E-state index is 13.6. The number of carbonyl (C=O) groups is 1. The van der Waals surface area contributed by atoms with Gasteiger partial charge in [0.15, 0.2) is 11.5 Å². The van der Waals surface area contributed by atoms with E-state index in [1.165, 1.54) is 0 Å². The minimum Gasteiger partial charge on any atom is -0.453 e. The number of halogens is 1. The number of ether oxygens (including phenoxy) is 1. The number of urea groups is 1. The summed E-state index contributed by atoms with van der Waals surface area (Å²) in [6.07, 6.45) is 0. The van der Waals surface area contributed by atoms with Crippen LogP contribution in [0.4, 0.5) is 21.9 Å². The molecule has 6 nitrogen and oxygen atoms in total. The van der Waals surface area contributed by atoms with Crippen molar-refractivity contribution in [1.82, 2.24) is 4.90 Å². The average Bonchev–Trinajstić information content (AvgIpc) is 2.82. The Labute approximate surface area is 185 Å². The molecule has 154 valence electrons. The van der Waals surface area contributed by atoms with E-state index >= 15 is 0 Å². The molecule has 2 amide bonds. The van der Waals surface area contributed by atoms with Gasteiger partial charge in [-0.05, 0) is 54.6 Å². The number of hydrogen-bond donors (Lipinski definition) is 0. The summed E-state index contributed by atoms with van der Waals surface area (Å²) in [6.45, 7) is 2.61. The summed E-state index contributed by atoms with van der Waals surface area (Å²) in [5.74, 6) is 1.24. The first-order valence-electron chi connectivity index (χ1n) is 10.0. The molecule has 1 saturated heterocycles. The van der Waals surface area contributed by atoms with E-state index in [1.807, 2.05) is 53.4 Å². The number of piperazine rings is 1. The molecule has 7 heteroatoms. The lowest BCUT2D eigenvalue weighted by molar-refractivity contribution is 0.203. The van der Waals surface area contributed by atoms with Crippen LogP contribution in [0.1, 0.15) is 5.56 Å². The molecule has 2 aliphatic rings. The third-order valence-electron chi connectivity index (χ3n) is 5.59. The van der Waals surface area contributed by atoms with Gasteiger partial charge in [0.25, 0.3) is 0 Å². The predicted octanol–water partition coefficient (Wildman–Crippen LogP) is 5.40. The SMILES string of the molecule is N#Cc1ccc(N2CCN(C(=O)N3c4ccccc4Oc4ccc(Cl)cc43)CC2)cc1. The molecule has 0 saturated carbocycles. The van der Waals surface area contributed by atoms with Crippen LogP contribution in [0.25, 0.3) is 0 Å². The molecule has 0 atom stereocenters. The van der Waals surface area contributed by atoms with Crippen LogP contribution in [0.3, 0.4) is 0 Å². The minimum atomic E-state index is -0.0984. The fourth-order valence-electron chi connectivity index (χ4n) is 3.98. The second-order valence-corrected chi connectivity index (χ2v) is 7.87. The molecule has 0 aliphatic carbocycles. The van der Waals surface area contributed by atoms with Gasteiger partial charge in [-0.1, -0.05) is 23.7 Å². The number of rotatable bonds is 1. The third-order valence-corrected chi connectivity index (χ3v) is 5.83. The molecule has 2 aliphatic heterocycles. The molecule has 1 fully saturated rings. The van der Waals surface area contributed by atoms with Crippen molar-refractivity contribution in [3.05, 3.63) is 77.3 Å². The van der Waals surface area contributed by atoms with Gasteiger partial charge >= 0.3 is 6.03 Å². The van der Waals surface area contributed by atoms with Crippen LogP contribution in [0, 0.1) is 11.3 Å². The first kappa shape index (κ1) is 19.3. The molecular formula is C24H19ClN4O2. The van der Waals surface area contributed by atoms with Gasteiger partial charge < -0.3 is 14.5 Å². The van der Waals surface area contributed by atoms with Crippen molar-refractivity contribution in [1.29, 1.82) is 5.26 Å². The largest absolute Gasteiger partial charge is 0.453 e. The smallest absolute Gasteiger partial charge is 0.329 e. The van der Waals surface area contributed by atoms with E-state index in [1.54, 1.807) is 23.1 Å². The zero-order valence-corrected chi connectivity index (χ0v) is 17.4. The fourth-order valence-corrected chi connectivity index (χ4v) is 4.14. The van der Waals surface area contributed by atoms with Gasteiger partial charge in [0, 0.05) is 36.9 Å². The van der Waals surface area contributed by atoms with Gasteiger partial charge in [-0.3, -0.25) is 4.90 Å². The van der Waals surface area contributed by atoms with Crippen molar-refractivity contribution in [2.45, 2.75) is 0 Å². The highest BCUT2D eigenvalue weighted by atomic mass is 35.5. The Morgan fingerprint density at radius 1 is 0.903 bits per heavy atom. The van der Waals surface area contributed by atoms with E-state index < -0.39 is 0 Å². The number of nitriles is 1. The lowest BCUT2D eigenvalue weighted by Gasteiger charge is -2.40. The predicted molar refractivity (Wildman–Crippen MR) is 120 cm³/mol. The van der Waals surface area contributed by atoms with Crippen molar-refractivity contribution < 1.29 is 9.53 Å². The first-order chi connectivity index (χ1) is 15.1. The highest BCUT2D eigenvalue weighted by Crippen LogP contribution is 2.47. The van der Waals surface area contributed by atoms with Crippen molar-refractivity contribution in [3.8, 4) is 17.6 Å². The maximum Gasteiger partial charge on any atom is 0.329 e. The van der Waals surface area contributed by atoms with Crippen molar-refractivity contribution in [3.63, 3.8) is 0 Å². The number of hydrogen-bond acceptors (Lipinski definition) is 4. The molecular weight excluding hydrogens is 412 g/mol. The number of nitrogens with zero attached hydrogens (tertiary/aromatic N) is 4. The van der Waals surface area contributed by atoms with Gasteiger partial charge in [0.1, 0.15) is 0 Å². The van der Waals surface area contributed by atoms with Gasteiger partial charge in [0.05, 0.1) is 23.0 Å². The molecule has 31 heavy (non-hydrogen) atoms. The molecule has 0 radical (unpaired) electrons. The van der Waals surface area contributed by atoms with Crippen molar-refractivity contribution >= 4 is 34.7 Å². The Balaban J connectivity index is 1.38. The Kier molecular flexibility index (Phi) is 4.89. The van der Waals surface area contributed by atoms with E-state index in [-0.39, 0.29) is 6.03 Å². The summed E-state index contributed by atoms with van der Waals surface area (Å²) >= 11 is 6.23. The van der Waals surface area contributed by atoms with Crippen LogP contribution < -0.4 is 14.5 Å². The third kappa shape index (κ3) is 3.54. The van der Waals surface area contributed by atoms with Gasteiger partial charge in [-0.15, -0.1) is 0 Å². The molecule has 2 heterocycles. The Bertz CT molecular complexity index is 1180. The van der Waals surface area contributed by atoms with Crippen molar-refractivity contribution in [2.24, 2.45) is 0 Å². The van der Waals surface area contributed by atoms with E-state index in [4.69, 9.17) is 21.6 Å². The normalized spacial score (nSPS) is 14.9. The number of carbonyl (C=O) groups excluding carboxylic acids is 1. The summed E-state index contributed by atoms with van der Waals surface area (Å²) in [4.78, 5) is 19.4. The van der Waals surface area contributed by atoms with Gasteiger partial charge in [0.2, 0.25) is 0 Å². The van der Waals surface area contributed by atoms with Crippen LogP contribution in [-0.4, -0.2) is 37.1 Å².